The van der Waals surface area contributed by atoms with E-state index < -0.39 is 0 Å². The van der Waals surface area contributed by atoms with Gasteiger partial charge in [0.2, 0.25) is 11.8 Å². The molecule has 0 radical (unpaired) electrons. The first-order valence-electron chi connectivity index (χ1n) is 15.1. The van der Waals surface area contributed by atoms with Gasteiger partial charge >= 0.3 is 0 Å². The normalized spacial score (nSPS) is 22.5. The lowest BCUT2D eigenvalue weighted by Gasteiger charge is -2.39. The maximum absolute atomic E-state index is 13.6. The third-order valence-corrected chi connectivity index (χ3v) is 10.2. The molecule has 3 heterocycles. The summed E-state index contributed by atoms with van der Waals surface area (Å²) in [5, 5.41) is 0. The monoisotopic (exact) mass is 613 g/mol. The Morgan fingerprint density at radius 1 is 0.805 bits per heavy atom. The highest BCUT2D eigenvalue weighted by Crippen LogP contribution is 2.43. The van der Waals surface area contributed by atoms with Crippen LogP contribution in [0.15, 0.2) is 89.4 Å². The highest BCUT2D eigenvalue weighted by molar-refractivity contribution is 9.10. The molecule has 2 amide bonds. The summed E-state index contributed by atoms with van der Waals surface area (Å²) in [7, 11) is 0. The van der Waals surface area contributed by atoms with Crippen molar-refractivity contribution < 1.29 is 9.59 Å². The molecule has 6 heteroatoms. The summed E-state index contributed by atoms with van der Waals surface area (Å²) >= 11 is 3.50. The van der Waals surface area contributed by atoms with Crippen molar-refractivity contribution in [2.75, 3.05) is 39.3 Å². The quantitative estimate of drug-likeness (QED) is 0.307. The van der Waals surface area contributed by atoms with Crippen molar-refractivity contribution >= 4 is 27.7 Å². The van der Waals surface area contributed by atoms with Crippen molar-refractivity contribution in [2.45, 2.75) is 44.6 Å². The molecule has 2 unspecified atom stereocenters. The number of piperidine rings is 1. The molecular weight excluding hydrogens is 574 g/mol. The molecule has 3 saturated heterocycles. The Kier molecular flexibility index (Phi) is 8.59. The molecule has 0 N–H and O–H groups in total. The predicted octanol–water partition coefficient (Wildman–Crippen LogP) is 6.14. The van der Waals surface area contributed by atoms with E-state index in [-0.39, 0.29) is 11.3 Å². The molecular formula is C35H40BrN3O2. The maximum Gasteiger partial charge on any atom is 0.229 e. The Morgan fingerprint density at radius 3 is 2.17 bits per heavy atom. The SMILES string of the molecule is O=C(CCc1ccccc1)N1CC(CN2CCC3(CC2)CCN(Cc2ccc(Br)cc2)C3=O)C(c2ccccc2)C1. The first-order valence-corrected chi connectivity index (χ1v) is 15.9. The number of aryl methyl sites for hydroxylation is 1. The van der Waals surface area contributed by atoms with Crippen LogP contribution in [0, 0.1) is 11.3 Å². The first kappa shape index (κ1) is 28.2. The van der Waals surface area contributed by atoms with E-state index in [0.717, 1.165) is 69.4 Å². The zero-order chi connectivity index (χ0) is 28.2. The minimum Gasteiger partial charge on any atom is -0.342 e. The van der Waals surface area contributed by atoms with Crippen LogP contribution >= 0.6 is 15.9 Å². The topological polar surface area (TPSA) is 43.9 Å². The molecule has 3 aliphatic heterocycles. The van der Waals surface area contributed by atoms with Crippen molar-refractivity contribution in [3.8, 4) is 0 Å². The van der Waals surface area contributed by atoms with Crippen LogP contribution in [0.2, 0.25) is 0 Å². The third kappa shape index (κ3) is 6.44. The van der Waals surface area contributed by atoms with Crippen molar-refractivity contribution in [3.63, 3.8) is 0 Å². The molecule has 3 aliphatic rings. The summed E-state index contributed by atoms with van der Waals surface area (Å²) in [6, 6.07) is 29.3. The van der Waals surface area contributed by atoms with Crippen LogP contribution in [0.4, 0.5) is 0 Å². The van der Waals surface area contributed by atoms with Gasteiger partial charge in [-0.25, -0.2) is 0 Å². The van der Waals surface area contributed by atoms with Gasteiger partial charge in [0.05, 0.1) is 5.41 Å². The zero-order valence-corrected chi connectivity index (χ0v) is 25.3. The minimum atomic E-state index is -0.195. The van der Waals surface area contributed by atoms with Crippen LogP contribution in [-0.4, -0.2) is 65.8 Å². The number of hydrogen-bond acceptors (Lipinski definition) is 3. The lowest BCUT2D eigenvalue weighted by atomic mass is 9.76. The smallest absolute Gasteiger partial charge is 0.229 e. The molecule has 0 aromatic heterocycles. The fourth-order valence-electron chi connectivity index (χ4n) is 7.20. The average molecular weight is 615 g/mol. The molecule has 2 atom stereocenters. The summed E-state index contributed by atoms with van der Waals surface area (Å²) in [5.41, 5.74) is 3.54. The molecule has 0 saturated carbocycles. The average Bonchev–Trinajstić information content (AvgIpc) is 3.56. The van der Waals surface area contributed by atoms with Crippen molar-refractivity contribution in [2.24, 2.45) is 11.3 Å². The van der Waals surface area contributed by atoms with Crippen molar-refractivity contribution in [3.05, 3.63) is 106 Å². The summed E-state index contributed by atoms with van der Waals surface area (Å²) in [6.07, 6.45) is 4.19. The van der Waals surface area contributed by atoms with Crippen LogP contribution in [0.5, 0.6) is 0 Å². The molecule has 0 bridgehead atoms. The van der Waals surface area contributed by atoms with Gasteiger partial charge in [-0.1, -0.05) is 88.7 Å². The van der Waals surface area contributed by atoms with E-state index in [0.29, 0.717) is 30.7 Å². The van der Waals surface area contributed by atoms with Crippen LogP contribution in [0.1, 0.15) is 48.3 Å². The van der Waals surface area contributed by atoms with Gasteiger partial charge in [-0.2, -0.15) is 0 Å². The van der Waals surface area contributed by atoms with Gasteiger partial charge in [-0.3, -0.25) is 9.59 Å². The van der Waals surface area contributed by atoms with Gasteiger partial charge in [-0.15, -0.1) is 0 Å². The minimum absolute atomic E-state index is 0.195. The fourth-order valence-corrected chi connectivity index (χ4v) is 7.47. The van der Waals surface area contributed by atoms with E-state index in [1.807, 2.05) is 30.3 Å². The maximum atomic E-state index is 13.6. The molecule has 5 nitrogen and oxygen atoms in total. The number of rotatable bonds is 8. The number of nitrogens with zero attached hydrogens (tertiary/aromatic N) is 3. The van der Waals surface area contributed by atoms with E-state index in [1.165, 1.54) is 16.7 Å². The van der Waals surface area contributed by atoms with Gasteiger partial charge < -0.3 is 14.7 Å². The summed E-state index contributed by atoms with van der Waals surface area (Å²) in [4.78, 5) is 33.6. The predicted molar refractivity (Wildman–Crippen MR) is 166 cm³/mol. The van der Waals surface area contributed by atoms with E-state index in [1.54, 1.807) is 0 Å². The molecule has 3 fully saturated rings. The largest absolute Gasteiger partial charge is 0.342 e. The number of carbonyl (C=O) groups is 2. The number of benzene rings is 3. The van der Waals surface area contributed by atoms with E-state index >= 15 is 0 Å². The number of hydrogen-bond donors (Lipinski definition) is 0. The van der Waals surface area contributed by atoms with Crippen molar-refractivity contribution in [1.29, 1.82) is 0 Å². The van der Waals surface area contributed by atoms with Crippen LogP contribution in [0.25, 0.3) is 0 Å². The Balaban J connectivity index is 1.06. The Hall–Kier alpha value is -2.96. The molecule has 6 rings (SSSR count). The Labute approximate surface area is 252 Å². The second-order valence-electron chi connectivity index (χ2n) is 12.2. The molecule has 41 heavy (non-hydrogen) atoms. The lowest BCUT2D eigenvalue weighted by molar-refractivity contribution is -0.139. The van der Waals surface area contributed by atoms with Crippen LogP contribution < -0.4 is 0 Å². The highest BCUT2D eigenvalue weighted by atomic mass is 79.9. The number of halogens is 1. The first-order chi connectivity index (χ1) is 20.0. The summed E-state index contributed by atoms with van der Waals surface area (Å²) < 4.78 is 1.06. The third-order valence-electron chi connectivity index (χ3n) is 9.69. The summed E-state index contributed by atoms with van der Waals surface area (Å²) in [5.74, 6) is 1.36. The van der Waals surface area contributed by atoms with Gasteiger partial charge in [0.15, 0.2) is 0 Å². The molecule has 0 aliphatic carbocycles. The highest BCUT2D eigenvalue weighted by Gasteiger charge is 2.48. The van der Waals surface area contributed by atoms with E-state index in [2.05, 4.69) is 85.2 Å². The molecule has 3 aromatic rings. The van der Waals surface area contributed by atoms with Gasteiger partial charge in [0, 0.05) is 49.5 Å². The number of likely N-dealkylation sites (tertiary alicyclic amines) is 3. The Morgan fingerprint density at radius 2 is 1.46 bits per heavy atom. The van der Waals surface area contributed by atoms with Crippen LogP contribution in [-0.2, 0) is 22.6 Å². The standard InChI is InChI=1S/C35H40BrN3O2/c36-31-14-11-28(12-15-31)23-38-22-19-35(34(38)41)17-20-37(21-18-35)24-30-25-39(26-32(30)29-9-5-2-6-10-29)33(40)16-13-27-7-3-1-4-8-27/h1-12,14-15,30,32H,13,16-26H2. The van der Waals surface area contributed by atoms with Crippen molar-refractivity contribution in [1.82, 2.24) is 14.7 Å². The van der Waals surface area contributed by atoms with E-state index in [9.17, 15) is 9.59 Å². The lowest BCUT2D eigenvalue weighted by Crippen LogP contribution is -2.46. The second-order valence-corrected chi connectivity index (χ2v) is 13.2. The number of carbonyl (C=O) groups excluding carboxylic acids is 2. The van der Waals surface area contributed by atoms with Gasteiger partial charge in [0.25, 0.3) is 0 Å². The summed E-state index contributed by atoms with van der Waals surface area (Å²) in [6.45, 7) is 6.06. The Bertz CT molecular complexity index is 1320. The molecule has 1 spiro atoms. The zero-order valence-electron chi connectivity index (χ0n) is 23.8. The number of amides is 2. The molecule has 214 valence electrons. The van der Waals surface area contributed by atoms with Crippen LogP contribution in [0.3, 0.4) is 0 Å². The van der Waals surface area contributed by atoms with E-state index in [4.69, 9.17) is 0 Å². The fraction of sp³-hybridized carbons (Fsp3) is 0.429. The van der Waals surface area contributed by atoms with Gasteiger partial charge in [-0.05, 0) is 73.5 Å². The van der Waals surface area contributed by atoms with Gasteiger partial charge in [0.1, 0.15) is 0 Å². The second kappa shape index (κ2) is 12.5. The molecule has 3 aromatic carbocycles.